The number of amides is 1. The van der Waals surface area contributed by atoms with Crippen molar-refractivity contribution in [3.8, 4) is 0 Å². The summed E-state index contributed by atoms with van der Waals surface area (Å²) in [5, 5.41) is 10.8. The maximum atomic E-state index is 11.9. The van der Waals surface area contributed by atoms with Gasteiger partial charge in [0.1, 0.15) is 5.69 Å². The molecule has 0 heterocycles. The second-order valence-electron chi connectivity index (χ2n) is 3.42. The Hall–Kier alpha value is -2.15. The van der Waals surface area contributed by atoms with Gasteiger partial charge in [-0.3, -0.25) is 20.8 Å². The third-order valence-electron chi connectivity index (χ3n) is 2.43. The second kappa shape index (κ2) is 5.26. The lowest BCUT2D eigenvalue weighted by Gasteiger charge is -2.16. The van der Waals surface area contributed by atoms with E-state index in [1.807, 2.05) is 6.92 Å². The molecule has 0 aliphatic rings. The Morgan fingerprint density at radius 2 is 2.24 bits per heavy atom. The van der Waals surface area contributed by atoms with Crippen LogP contribution >= 0.6 is 0 Å². The number of anilines is 1. The summed E-state index contributed by atoms with van der Waals surface area (Å²) in [6.45, 7) is 2.32. The molecule has 1 aromatic rings. The molecule has 0 bridgehead atoms. The van der Waals surface area contributed by atoms with Crippen LogP contribution in [0.15, 0.2) is 18.2 Å². The lowest BCUT2D eigenvalue weighted by Crippen LogP contribution is -2.27. The van der Waals surface area contributed by atoms with Gasteiger partial charge in [0.2, 0.25) is 0 Å². The van der Waals surface area contributed by atoms with Crippen LogP contribution in [-0.4, -0.2) is 29.3 Å². The van der Waals surface area contributed by atoms with Crippen molar-refractivity contribution >= 4 is 17.3 Å². The van der Waals surface area contributed by atoms with Gasteiger partial charge in [-0.05, 0) is 13.0 Å². The number of rotatable bonds is 4. The van der Waals surface area contributed by atoms with Crippen molar-refractivity contribution in [1.82, 2.24) is 4.90 Å². The number of nitro groups is 1. The van der Waals surface area contributed by atoms with Gasteiger partial charge >= 0.3 is 0 Å². The van der Waals surface area contributed by atoms with Gasteiger partial charge in [0.15, 0.2) is 0 Å². The molecule has 0 unspecified atom stereocenters. The molecule has 1 amide bonds. The molecule has 0 aromatic heterocycles. The zero-order valence-electron chi connectivity index (χ0n) is 9.64. The Kier molecular flexibility index (Phi) is 4.00. The molecule has 92 valence electrons. The number of nitrogens with zero attached hydrogens (tertiary/aromatic N) is 2. The van der Waals surface area contributed by atoms with E-state index in [4.69, 9.17) is 5.84 Å². The number of hydrogen-bond donors (Lipinski definition) is 2. The first-order chi connectivity index (χ1) is 8.02. The highest BCUT2D eigenvalue weighted by atomic mass is 16.6. The van der Waals surface area contributed by atoms with E-state index in [1.54, 1.807) is 7.05 Å². The van der Waals surface area contributed by atoms with Gasteiger partial charge in [0.25, 0.3) is 11.6 Å². The van der Waals surface area contributed by atoms with E-state index in [1.165, 1.54) is 23.1 Å². The first kappa shape index (κ1) is 12.9. The fourth-order valence-corrected chi connectivity index (χ4v) is 1.37. The van der Waals surface area contributed by atoms with E-state index >= 15 is 0 Å². The Morgan fingerprint density at radius 1 is 1.59 bits per heavy atom. The number of nitrogen functional groups attached to an aromatic ring is 1. The van der Waals surface area contributed by atoms with Gasteiger partial charge in [0.05, 0.1) is 10.5 Å². The van der Waals surface area contributed by atoms with Gasteiger partial charge in [-0.25, -0.2) is 0 Å². The highest BCUT2D eigenvalue weighted by molar-refractivity contribution is 6.01. The molecule has 0 saturated carbocycles. The van der Waals surface area contributed by atoms with Gasteiger partial charge in [-0.15, -0.1) is 0 Å². The molecular weight excluding hydrogens is 224 g/mol. The normalized spacial score (nSPS) is 9.82. The molecule has 0 atom stereocenters. The average Bonchev–Trinajstić information content (AvgIpc) is 2.35. The number of hydrogen-bond acceptors (Lipinski definition) is 5. The van der Waals surface area contributed by atoms with Crippen molar-refractivity contribution in [2.75, 3.05) is 19.0 Å². The zero-order chi connectivity index (χ0) is 13.0. The molecule has 1 rings (SSSR count). The smallest absolute Gasteiger partial charge is 0.294 e. The van der Waals surface area contributed by atoms with Crippen LogP contribution in [0.25, 0.3) is 0 Å². The minimum absolute atomic E-state index is 0.0304. The summed E-state index contributed by atoms with van der Waals surface area (Å²) >= 11 is 0. The summed E-state index contributed by atoms with van der Waals surface area (Å²) in [4.78, 5) is 23.6. The third kappa shape index (κ3) is 2.51. The van der Waals surface area contributed by atoms with E-state index in [0.717, 1.165) is 0 Å². The zero-order valence-corrected chi connectivity index (χ0v) is 9.64. The van der Waals surface area contributed by atoms with Crippen LogP contribution in [0.2, 0.25) is 0 Å². The molecule has 1 aromatic carbocycles. The van der Waals surface area contributed by atoms with Crippen molar-refractivity contribution < 1.29 is 9.72 Å². The molecular formula is C10H14N4O3. The van der Waals surface area contributed by atoms with E-state index in [-0.39, 0.29) is 22.8 Å². The third-order valence-corrected chi connectivity index (χ3v) is 2.43. The first-order valence-corrected chi connectivity index (χ1v) is 5.02. The minimum atomic E-state index is -0.585. The van der Waals surface area contributed by atoms with E-state index in [0.29, 0.717) is 6.54 Å². The SMILES string of the molecule is CCN(C)C(=O)c1cccc([N+](=O)[O-])c1NN. The molecule has 0 spiro atoms. The van der Waals surface area contributed by atoms with Crippen LogP contribution in [0, 0.1) is 10.1 Å². The lowest BCUT2D eigenvalue weighted by atomic mass is 10.1. The monoisotopic (exact) mass is 238 g/mol. The highest BCUT2D eigenvalue weighted by Gasteiger charge is 2.22. The summed E-state index contributed by atoms with van der Waals surface area (Å²) in [5.41, 5.74) is 2.21. The molecule has 0 aliphatic carbocycles. The Balaban J connectivity index is 3.29. The molecule has 0 aliphatic heterocycles. The maximum absolute atomic E-state index is 11.9. The molecule has 0 fully saturated rings. The largest absolute Gasteiger partial charge is 0.342 e. The number of nitrogens with two attached hydrogens (primary N) is 1. The predicted octanol–water partition coefficient (Wildman–Crippen LogP) is 0.972. The molecule has 7 nitrogen and oxygen atoms in total. The van der Waals surface area contributed by atoms with Crippen LogP contribution in [0.1, 0.15) is 17.3 Å². The van der Waals surface area contributed by atoms with E-state index in [2.05, 4.69) is 5.43 Å². The van der Waals surface area contributed by atoms with Crippen molar-refractivity contribution in [2.45, 2.75) is 6.92 Å². The van der Waals surface area contributed by atoms with Crippen LogP contribution < -0.4 is 11.3 Å². The number of nitrogens with one attached hydrogen (secondary N) is 1. The maximum Gasteiger partial charge on any atom is 0.294 e. The number of benzene rings is 1. The Labute approximate surface area is 98.3 Å². The van der Waals surface area contributed by atoms with Crippen molar-refractivity contribution in [1.29, 1.82) is 0 Å². The molecule has 0 radical (unpaired) electrons. The van der Waals surface area contributed by atoms with Crippen molar-refractivity contribution in [3.63, 3.8) is 0 Å². The number of carbonyl (C=O) groups excluding carboxylic acids is 1. The van der Waals surface area contributed by atoms with Crippen molar-refractivity contribution in [2.24, 2.45) is 5.84 Å². The first-order valence-electron chi connectivity index (χ1n) is 5.02. The van der Waals surface area contributed by atoms with E-state index in [9.17, 15) is 14.9 Å². The van der Waals surface area contributed by atoms with Gasteiger partial charge in [-0.2, -0.15) is 0 Å². The van der Waals surface area contributed by atoms with Gasteiger partial charge < -0.3 is 10.3 Å². The molecule has 0 saturated heterocycles. The van der Waals surface area contributed by atoms with E-state index < -0.39 is 4.92 Å². The molecule has 7 heteroatoms. The van der Waals surface area contributed by atoms with Crippen LogP contribution in [-0.2, 0) is 0 Å². The summed E-state index contributed by atoms with van der Waals surface area (Å²) in [6, 6.07) is 4.24. The topological polar surface area (TPSA) is 102 Å². The molecule has 3 N–H and O–H groups in total. The summed E-state index contributed by atoms with van der Waals surface area (Å²) in [7, 11) is 1.61. The fourth-order valence-electron chi connectivity index (χ4n) is 1.37. The number of para-hydroxylation sites is 1. The standard InChI is InChI=1S/C10H14N4O3/c1-3-13(2)10(15)7-5-4-6-8(14(16)17)9(7)12-11/h4-6,12H,3,11H2,1-2H3. The van der Waals surface area contributed by atoms with Gasteiger partial charge in [-0.1, -0.05) is 6.07 Å². The minimum Gasteiger partial charge on any atom is -0.342 e. The summed E-state index contributed by atoms with van der Waals surface area (Å²) in [6.07, 6.45) is 0. The van der Waals surface area contributed by atoms with Crippen LogP contribution in [0.3, 0.4) is 0 Å². The second-order valence-corrected chi connectivity index (χ2v) is 3.42. The van der Waals surface area contributed by atoms with Crippen LogP contribution in [0.5, 0.6) is 0 Å². The Bertz CT molecular complexity index is 447. The predicted molar refractivity (Wildman–Crippen MR) is 63.5 cm³/mol. The number of carbonyl (C=O) groups is 1. The summed E-state index contributed by atoms with van der Waals surface area (Å²) < 4.78 is 0. The quantitative estimate of drug-likeness (QED) is 0.462. The molecule has 17 heavy (non-hydrogen) atoms. The van der Waals surface area contributed by atoms with Gasteiger partial charge in [0, 0.05) is 19.7 Å². The Morgan fingerprint density at radius 3 is 2.71 bits per heavy atom. The van der Waals surface area contributed by atoms with Crippen LogP contribution in [0.4, 0.5) is 11.4 Å². The number of nitro benzene ring substituents is 1. The fraction of sp³-hybridized carbons (Fsp3) is 0.300. The number of hydrazine groups is 1. The average molecular weight is 238 g/mol. The summed E-state index contributed by atoms with van der Waals surface area (Å²) in [5.74, 6) is 4.93. The highest BCUT2D eigenvalue weighted by Crippen LogP contribution is 2.27. The lowest BCUT2D eigenvalue weighted by molar-refractivity contribution is -0.384. The van der Waals surface area contributed by atoms with Crippen molar-refractivity contribution in [3.05, 3.63) is 33.9 Å².